The summed E-state index contributed by atoms with van der Waals surface area (Å²) in [7, 11) is 0. The molecule has 1 atom stereocenters. The van der Waals surface area contributed by atoms with Gasteiger partial charge in [0.05, 0.1) is 12.2 Å². The fourth-order valence-corrected chi connectivity index (χ4v) is 6.51. The normalized spacial score (nSPS) is 21.0. The molecule has 1 saturated heterocycles. The summed E-state index contributed by atoms with van der Waals surface area (Å²) in [5, 5.41) is 0. The zero-order valence-electron chi connectivity index (χ0n) is 18.8. The van der Waals surface area contributed by atoms with Crippen molar-refractivity contribution in [3.05, 3.63) is 101 Å². The Hall–Kier alpha value is -3.12. The van der Waals surface area contributed by atoms with Crippen LogP contribution in [0.4, 0.5) is 10.1 Å². The third kappa shape index (κ3) is 3.53. The van der Waals surface area contributed by atoms with Gasteiger partial charge in [-0.1, -0.05) is 48.0 Å². The number of carbonyl (C=O) groups is 2. The lowest BCUT2D eigenvalue weighted by Gasteiger charge is -2.33. The molecule has 1 fully saturated rings. The maximum Gasteiger partial charge on any atom is 0.268 e. The van der Waals surface area contributed by atoms with Crippen LogP contribution >= 0.6 is 11.8 Å². The predicted molar refractivity (Wildman–Crippen MR) is 130 cm³/mol. The number of nitrogens with zero attached hydrogens (tertiary/aromatic N) is 2. The van der Waals surface area contributed by atoms with Crippen LogP contribution in [-0.4, -0.2) is 28.0 Å². The molecule has 5 rings (SSSR count). The molecule has 0 aliphatic carbocycles. The maximum absolute atomic E-state index is 14.2. The number of anilines is 1. The lowest BCUT2D eigenvalue weighted by molar-refractivity contribution is -0.123. The molecule has 33 heavy (non-hydrogen) atoms. The molecule has 0 bridgehead atoms. The summed E-state index contributed by atoms with van der Waals surface area (Å²) in [6, 6.07) is 21.4. The highest BCUT2D eigenvalue weighted by molar-refractivity contribution is 8.02. The Labute approximate surface area is 197 Å². The molecule has 0 radical (unpaired) electrons. The molecular formula is C27H25FN2O2S. The monoisotopic (exact) mass is 460 g/mol. The molecule has 2 aliphatic rings. The molecule has 0 N–H and O–H groups in total. The molecule has 2 aliphatic heterocycles. The van der Waals surface area contributed by atoms with Crippen molar-refractivity contribution >= 4 is 29.3 Å². The second-order valence-corrected chi connectivity index (χ2v) is 11.2. The zero-order valence-corrected chi connectivity index (χ0v) is 19.7. The van der Waals surface area contributed by atoms with Gasteiger partial charge in [-0.2, -0.15) is 0 Å². The van der Waals surface area contributed by atoms with Gasteiger partial charge in [-0.3, -0.25) is 9.59 Å². The Balaban J connectivity index is 1.65. The Morgan fingerprint density at radius 2 is 1.73 bits per heavy atom. The molecule has 0 unspecified atom stereocenters. The van der Waals surface area contributed by atoms with Gasteiger partial charge in [0.1, 0.15) is 5.82 Å². The molecule has 1 spiro atoms. The van der Waals surface area contributed by atoms with Gasteiger partial charge in [-0.15, -0.1) is 11.8 Å². The van der Waals surface area contributed by atoms with Crippen molar-refractivity contribution in [3.63, 3.8) is 0 Å². The summed E-state index contributed by atoms with van der Waals surface area (Å²) < 4.78 is 13.2. The number of fused-ring (bicyclic) bond motifs is 2. The number of rotatable bonds is 3. The van der Waals surface area contributed by atoms with E-state index in [0.717, 1.165) is 22.4 Å². The van der Waals surface area contributed by atoms with E-state index in [1.54, 1.807) is 9.80 Å². The average Bonchev–Trinajstić information content (AvgIpc) is 3.20. The van der Waals surface area contributed by atoms with E-state index in [-0.39, 0.29) is 16.6 Å². The van der Waals surface area contributed by atoms with Gasteiger partial charge in [0, 0.05) is 22.4 Å². The summed E-state index contributed by atoms with van der Waals surface area (Å²) in [4.78, 5) is 30.3. The number of thioether (sulfide) groups is 1. The molecule has 2 amide bonds. The predicted octanol–water partition coefficient (Wildman–Crippen LogP) is 5.50. The topological polar surface area (TPSA) is 40.6 Å². The van der Waals surface area contributed by atoms with Crippen molar-refractivity contribution in [3.8, 4) is 0 Å². The largest absolute Gasteiger partial charge is 0.310 e. The molecule has 0 aromatic heterocycles. The number of hydrogen-bond acceptors (Lipinski definition) is 3. The highest BCUT2D eigenvalue weighted by atomic mass is 32.2. The summed E-state index contributed by atoms with van der Waals surface area (Å²) >= 11 is 1.53. The van der Waals surface area contributed by atoms with Crippen molar-refractivity contribution in [1.29, 1.82) is 0 Å². The minimum atomic E-state index is -1.16. The number of hydrogen-bond donors (Lipinski definition) is 0. The minimum absolute atomic E-state index is 0.113. The Kier molecular flexibility index (Phi) is 5.09. The van der Waals surface area contributed by atoms with Crippen LogP contribution in [0.1, 0.15) is 40.9 Å². The number of amides is 2. The molecule has 0 saturated carbocycles. The average molecular weight is 461 g/mol. The molecule has 2 heterocycles. The van der Waals surface area contributed by atoms with Crippen LogP contribution in [0.3, 0.4) is 0 Å². The SMILES string of the molecule is Cc1ccc2c(c1)[C@]1(SC(C)(C)CN1C(=O)c1ccc(F)cc1)C(=O)N2Cc1ccccc1. The molecule has 6 heteroatoms. The van der Waals surface area contributed by atoms with E-state index in [1.807, 2.05) is 55.5 Å². The van der Waals surface area contributed by atoms with Crippen LogP contribution in [0, 0.1) is 12.7 Å². The van der Waals surface area contributed by atoms with Crippen LogP contribution in [0.25, 0.3) is 0 Å². The maximum atomic E-state index is 14.2. The Morgan fingerprint density at radius 1 is 1.03 bits per heavy atom. The van der Waals surface area contributed by atoms with Crippen molar-refractivity contribution < 1.29 is 14.0 Å². The Bertz CT molecular complexity index is 1240. The summed E-state index contributed by atoms with van der Waals surface area (Å²) in [5.74, 6) is -0.780. The number of carbonyl (C=O) groups excluding carboxylic acids is 2. The lowest BCUT2D eigenvalue weighted by atomic mass is 10.0. The van der Waals surface area contributed by atoms with Crippen molar-refractivity contribution in [1.82, 2.24) is 4.90 Å². The molecule has 3 aromatic rings. The van der Waals surface area contributed by atoms with Crippen molar-refractivity contribution in [2.24, 2.45) is 0 Å². The Morgan fingerprint density at radius 3 is 2.42 bits per heavy atom. The number of aryl methyl sites for hydroxylation is 1. The molecule has 4 nitrogen and oxygen atoms in total. The number of benzene rings is 3. The van der Waals surface area contributed by atoms with Crippen LogP contribution < -0.4 is 4.90 Å². The van der Waals surface area contributed by atoms with Gasteiger partial charge in [0.25, 0.3) is 11.8 Å². The van der Waals surface area contributed by atoms with E-state index < -0.39 is 10.7 Å². The third-order valence-electron chi connectivity index (χ3n) is 6.21. The third-order valence-corrected chi connectivity index (χ3v) is 7.80. The fraction of sp³-hybridized carbons (Fsp3) is 0.259. The van der Waals surface area contributed by atoms with Gasteiger partial charge < -0.3 is 9.80 Å². The van der Waals surface area contributed by atoms with Crippen molar-refractivity contribution in [2.45, 2.75) is 36.9 Å². The van der Waals surface area contributed by atoms with E-state index in [2.05, 4.69) is 13.8 Å². The molecular weight excluding hydrogens is 435 g/mol. The van der Waals surface area contributed by atoms with E-state index in [1.165, 1.54) is 36.0 Å². The van der Waals surface area contributed by atoms with E-state index in [9.17, 15) is 14.0 Å². The molecule has 168 valence electrons. The first-order valence-electron chi connectivity index (χ1n) is 11.0. The van der Waals surface area contributed by atoms with E-state index in [4.69, 9.17) is 0 Å². The van der Waals surface area contributed by atoms with Crippen molar-refractivity contribution in [2.75, 3.05) is 11.4 Å². The first kappa shape index (κ1) is 21.7. The lowest BCUT2D eigenvalue weighted by Crippen LogP contribution is -2.50. The molecule has 3 aromatic carbocycles. The summed E-state index contributed by atoms with van der Waals surface area (Å²) in [5.41, 5.74) is 4.10. The minimum Gasteiger partial charge on any atom is -0.310 e. The van der Waals surface area contributed by atoms with Gasteiger partial charge >= 0.3 is 0 Å². The quantitative estimate of drug-likeness (QED) is 0.518. The van der Waals surface area contributed by atoms with Gasteiger partial charge in [0.2, 0.25) is 0 Å². The standard InChI is InChI=1S/C27H25FN2O2S/c1-18-9-14-23-22(15-18)27(25(32)29(23)16-19-7-5-4-6-8-19)30(17-26(2,3)33-27)24(31)20-10-12-21(28)13-11-20/h4-15H,16-17H2,1-3H3/t27-/m0/s1. The zero-order chi connectivity index (χ0) is 23.4. The first-order chi connectivity index (χ1) is 15.7. The second-order valence-electron chi connectivity index (χ2n) is 9.30. The van der Waals surface area contributed by atoms with Gasteiger partial charge in [0.15, 0.2) is 4.87 Å². The van der Waals surface area contributed by atoms with Crippen LogP contribution in [-0.2, 0) is 16.2 Å². The number of halogens is 1. The van der Waals surface area contributed by atoms with Crippen LogP contribution in [0.5, 0.6) is 0 Å². The van der Waals surface area contributed by atoms with Gasteiger partial charge in [-0.05, 0) is 56.7 Å². The van der Waals surface area contributed by atoms with Crippen LogP contribution in [0.15, 0.2) is 72.8 Å². The highest BCUT2D eigenvalue weighted by Crippen LogP contribution is 2.60. The summed E-state index contributed by atoms with van der Waals surface area (Å²) in [6.45, 7) is 6.94. The fourth-order valence-electron chi connectivity index (χ4n) is 4.79. The summed E-state index contributed by atoms with van der Waals surface area (Å²) in [6.07, 6.45) is 0. The van der Waals surface area contributed by atoms with Gasteiger partial charge in [-0.25, -0.2) is 4.39 Å². The van der Waals surface area contributed by atoms with E-state index >= 15 is 0 Å². The smallest absolute Gasteiger partial charge is 0.268 e. The highest BCUT2D eigenvalue weighted by Gasteiger charge is 2.63. The first-order valence-corrected chi connectivity index (χ1v) is 11.8. The van der Waals surface area contributed by atoms with Crippen LogP contribution in [0.2, 0.25) is 0 Å². The second kappa shape index (κ2) is 7.73. The van der Waals surface area contributed by atoms with E-state index in [0.29, 0.717) is 18.7 Å².